The second-order valence-electron chi connectivity index (χ2n) is 11.2. The smallest absolute Gasteiger partial charge is 0.306 e. The van der Waals surface area contributed by atoms with Crippen molar-refractivity contribution >= 4 is 11.9 Å². The second-order valence-corrected chi connectivity index (χ2v) is 11.2. The summed E-state index contributed by atoms with van der Waals surface area (Å²) in [5.41, 5.74) is 0. The molecule has 0 fully saturated rings. The van der Waals surface area contributed by atoms with E-state index in [2.05, 4.69) is 74.6 Å². The Morgan fingerprint density at radius 1 is 0.523 bits per heavy atom. The predicted molar refractivity (Wildman–Crippen MR) is 186 cm³/mol. The monoisotopic (exact) mass is 612 g/mol. The molecule has 5 heteroatoms. The van der Waals surface area contributed by atoms with Crippen molar-refractivity contribution in [3.05, 3.63) is 72.9 Å². The van der Waals surface area contributed by atoms with Crippen LogP contribution in [0.4, 0.5) is 0 Å². The van der Waals surface area contributed by atoms with Crippen molar-refractivity contribution in [2.24, 2.45) is 0 Å². The molecule has 0 spiro atoms. The molecule has 0 radical (unpaired) electrons. The molecule has 5 nitrogen and oxygen atoms in total. The number of unbranched alkanes of at least 4 members (excludes halogenated alkanes) is 10. The zero-order chi connectivity index (χ0) is 32.2. The van der Waals surface area contributed by atoms with Crippen molar-refractivity contribution < 1.29 is 24.2 Å². The number of hydrogen-bond acceptors (Lipinski definition) is 5. The molecular formula is C39H64O5. The van der Waals surface area contributed by atoms with Gasteiger partial charge in [-0.2, -0.15) is 0 Å². The van der Waals surface area contributed by atoms with Crippen molar-refractivity contribution in [3.63, 3.8) is 0 Å². The highest BCUT2D eigenvalue weighted by atomic mass is 16.6. The van der Waals surface area contributed by atoms with Gasteiger partial charge in [-0.1, -0.05) is 132 Å². The van der Waals surface area contributed by atoms with Crippen LogP contribution in [0.5, 0.6) is 0 Å². The average molecular weight is 613 g/mol. The molecule has 0 rings (SSSR count). The van der Waals surface area contributed by atoms with Crippen LogP contribution in [0.15, 0.2) is 72.9 Å². The van der Waals surface area contributed by atoms with Crippen LogP contribution in [-0.2, 0) is 19.1 Å². The van der Waals surface area contributed by atoms with Crippen molar-refractivity contribution in [1.29, 1.82) is 0 Å². The van der Waals surface area contributed by atoms with E-state index in [0.717, 1.165) is 51.4 Å². The number of hydrogen-bond donors (Lipinski definition) is 1. The first-order chi connectivity index (χ1) is 21.6. The lowest BCUT2D eigenvalue weighted by Crippen LogP contribution is -2.28. The van der Waals surface area contributed by atoms with Crippen LogP contribution >= 0.6 is 0 Å². The van der Waals surface area contributed by atoms with E-state index < -0.39 is 12.1 Å². The summed E-state index contributed by atoms with van der Waals surface area (Å²) >= 11 is 0. The minimum Gasteiger partial charge on any atom is -0.462 e. The number of allylic oxidation sites excluding steroid dienone is 12. The van der Waals surface area contributed by atoms with E-state index in [-0.39, 0.29) is 25.6 Å². The van der Waals surface area contributed by atoms with E-state index in [0.29, 0.717) is 12.8 Å². The van der Waals surface area contributed by atoms with Crippen molar-refractivity contribution in [2.45, 2.75) is 148 Å². The first-order valence-corrected chi connectivity index (χ1v) is 17.5. The van der Waals surface area contributed by atoms with Gasteiger partial charge < -0.3 is 14.6 Å². The number of rotatable bonds is 30. The van der Waals surface area contributed by atoms with Gasteiger partial charge in [0.05, 0.1) is 6.61 Å². The standard InChI is InChI=1S/C39H64O5/c1-3-5-7-9-11-13-15-16-17-18-19-20-21-22-24-26-28-30-32-34-39(42)44-37(35-40)36-43-38(41)33-31-29-27-25-23-14-12-10-8-6-4-2/h10-13,16-17,19-20,22,24,28,30,37,40H,3-9,14-15,18,21,23,25-27,29,31-36H2,1-2H3. The molecule has 0 aliphatic heterocycles. The van der Waals surface area contributed by atoms with Crippen molar-refractivity contribution in [3.8, 4) is 0 Å². The number of aliphatic hydroxyl groups is 1. The molecule has 0 saturated carbocycles. The number of carbonyl (C=O) groups is 2. The molecule has 0 saturated heterocycles. The zero-order valence-electron chi connectivity index (χ0n) is 28.1. The summed E-state index contributed by atoms with van der Waals surface area (Å²) in [6.45, 7) is 3.97. The van der Waals surface area contributed by atoms with E-state index in [9.17, 15) is 14.7 Å². The topological polar surface area (TPSA) is 72.8 Å². The van der Waals surface area contributed by atoms with E-state index in [1.807, 2.05) is 12.2 Å². The quantitative estimate of drug-likeness (QED) is 0.0496. The summed E-state index contributed by atoms with van der Waals surface area (Å²) in [4.78, 5) is 24.1. The van der Waals surface area contributed by atoms with Gasteiger partial charge in [-0.15, -0.1) is 0 Å². The summed E-state index contributed by atoms with van der Waals surface area (Å²) in [5.74, 6) is -0.708. The molecule has 0 aliphatic carbocycles. The SMILES string of the molecule is CCCCC=CCCCCCCCC(=O)OCC(CO)OC(=O)CCC=CCC=CCC=CCC=CCC=CCCCCC. The zero-order valence-corrected chi connectivity index (χ0v) is 28.1. The Labute approximate surface area is 270 Å². The molecule has 44 heavy (non-hydrogen) atoms. The maximum Gasteiger partial charge on any atom is 0.306 e. The Bertz CT molecular complexity index is 833. The molecule has 0 heterocycles. The minimum atomic E-state index is -0.815. The number of ether oxygens (including phenoxy) is 2. The molecule has 250 valence electrons. The largest absolute Gasteiger partial charge is 0.462 e. The molecule has 0 aromatic rings. The van der Waals surface area contributed by atoms with Gasteiger partial charge in [0.2, 0.25) is 0 Å². The van der Waals surface area contributed by atoms with Gasteiger partial charge >= 0.3 is 11.9 Å². The van der Waals surface area contributed by atoms with Gasteiger partial charge in [-0.05, 0) is 70.6 Å². The van der Waals surface area contributed by atoms with E-state index in [1.54, 1.807) is 0 Å². The van der Waals surface area contributed by atoms with E-state index in [4.69, 9.17) is 9.47 Å². The fourth-order valence-corrected chi connectivity index (χ4v) is 4.28. The summed E-state index contributed by atoms with van der Waals surface area (Å²) < 4.78 is 10.5. The Morgan fingerprint density at radius 2 is 0.977 bits per heavy atom. The van der Waals surface area contributed by atoms with Crippen LogP contribution in [-0.4, -0.2) is 36.4 Å². The molecule has 0 aromatic carbocycles. The summed E-state index contributed by atoms with van der Waals surface area (Å²) in [6, 6.07) is 0. The van der Waals surface area contributed by atoms with Crippen molar-refractivity contribution in [2.75, 3.05) is 13.2 Å². The Hall–Kier alpha value is -2.66. The maximum atomic E-state index is 12.1. The highest BCUT2D eigenvalue weighted by Crippen LogP contribution is 2.09. The number of aliphatic hydroxyl groups excluding tert-OH is 1. The molecule has 0 aliphatic rings. The van der Waals surface area contributed by atoms with Gasteiger partial charge in [-0.3, -0.25) is 9.59 Å². The van der Waals surface area contributed by atoms with Crippen LogP contribution in [0.2, 0.25) is 0 Å². The first-order valence-electron chi connectivity index (χ1n) is 17.5. The Balaban J connectivity index is 3.77. The van der Waals surface area contributed by atoms with Gasteiger partial charge in [0.1, 0.15) is 6.61 Å². The second kappa shape index (κ2) is 34.8. The fourth-order valence-electron chi connectivity index (χ4n) is 4.28. The van der Waals surface area contributed by atoms with Gasteiger partial charge in [0.15, 0.2) is 6.10 Å². The summed E-state index contributed by atoms with van der Waals surface area (Å²) in [6.07, 6.45) is 45.4. The van der Waals surface area contributed by atoms with Crippen LogP contribution < -0.4 is 0 Å². The molecule has 1 N–H and O–H groups in total. The van der Waals surface area contributed by atoms with Crippen LogP contribution in [0, 0.1) is 0 Å². The third-order valence-electron chi connectivity index (χ3n) is 6.99. The van der Waals surface area contributed by atoms with Gasteiger partial charge in [0.25, 0.3) is 0 Å². The van der Waals surface area contributed by atoms with Crippen LogP contribution in [0.1, 0.15) is 142 Å². The lowest BCUT2D eigenvalue weighted by molar-refractivity contribution is -0.161. The number of esters is 2. The highest BCUT2D eigenvalue weighted by molar-refractivity contribution is 5.70. The minimum absolute atomic E-state index is 0.104. The van der Waals surface area contributed by atoms with Crippen LogP contribution in [0.3, 0.4) is 0 Å². The first kappa shape index (κ1) is 41.3. The van der Waals surface area contributed by atoms with Crippen LogP contribution in [0.25, 0.3) is 0 Å². The molecule has 1 atom stereocenters. The molecule has 0 bridgehead atoms. The van der Waals surface area contributed by atoms with Gasteiger partial charge in [-0.25, -0.2) is 0 Å². The van der Waals surface area contributed by atoms with Gasteiger partial charge in [0, 0.05) is 12.8 Å². The third-order valence-corrected chi connectivity index (χ3v) is 6.99. The normalized spacial score (nSPS) is 13.1. The third kappa shape index (κ3) is 32.3. The Morgan fingerprint density at radius 3 is 1.55 bits per heavy atom. The van der Waals surface area contributed by atoms with Crippen molar-refractivity contribution in [1.82, 2.24) is 0 Å². The lowest BCUT2D eigenvalue weighted by atomic mass is 10.1. The summed E-state index contributed by atoms with van der Waals surface area (Å²) in [5, 5.41) is 9.49. The van der Waals surface area contributed by atoms with E-state index >= 15 is 0 Å². The fraction of sp³-hybridized carbons (Fsp3) is 0.641. The van der Waals surface area contributed by atoms with E-state index in [1.165, 1.54) is 57.8 Å². The lowest BCUT2D eigenvalue weighted by Gasteiger charge is -2.15. The maximum absolute atomic E-state index is 12.1. The highest BCUT2D eigenvalue weighted by Gasteiger charge is 2.15. The molecule has 0 aromatic heterocycles. The Kier molecular flexibility index (Phi) is 32.7. The summed E-state index contributed by atoms with van der Waals surface area (Å²) in [7, 11) is 0. The number of carbonyl (C=O) groups excluding carboxylic acids is 2. The molecular weight excluding hydrogens is 548 g/mol. The average Bonchev–Trinajstić information content (AvgIpc) is 3.02. The predicted octanol–water partition coefficient (Wildman–Crippen LogP) is 10.6. The molecule has 0 amide bonds. The molecule has 1 unspecified atom stereocenters.